The summed E-state index contributed by atoms with van der Waals surface area (Å²) in [5.41, 5.74) is 1.52. The van der Waals surface area contributed by atoms with Crippen molar-refractivity contribution in [2.45, 2.75) is 72.6 Å². The van der Waals surface area contributed by atoms with Crippen LogP contribution in [-0.4, -0.2) is 9.79 Å². The predicted molar refractivity (Wildman–Crippen MR) is 83.5 cm³/mol. The highest BCUT2D eigenvalue weighted by molar-refractivity contribution is 7.46. The normalized spacial score (nSPS) is 31.3. The fourth-order valence-electron chi connectivity index (χ4n) is 4.11. The van der Waals surface area contributed by atoms with Crippen molar-refractivity contribution in [1.29, 1.82) is 0 Å². The van der Waals surface area contributed by atoms with Crippen LogP contribution in [-0.2, 0) is 9.09 Å². The van der Waals surface area contributed by atoms with Gasteiger partial charge in [0.2, 0.25) is 0 Å². The number of hydrogen-bond donors (Lipinski definition) is 2. The maximum Gasteiger partial charge on any atom is 0.524 e. The lowest BCUT2D eigenvalue weighted by Crippen LogP contribution is -2.36. The lowest BCUT2D eigenvalue weighted by atomic mass is 9.59. The van der Waals surface area contributed by atoms with Gasteiger partial charge >= 0.3 is 7.82 Å². The first-order valence-electron chi connectivity index (χ1n) is 7.99. The third-order valence-electron chi connectivity index (χ3n) is 5.84. The molecule has 122 valence electrons. The summed E-state index contributed by atoms with van der Waals surface area (Å²) in [6, 6.07) is 0. The summed E-state index contributed by atoms with van der Waals surface area (Å²) in [5.74, 6) is 1.13. The van der Waals surface area contributed by atoms with E-state index in [-0.39, 0.29) is 5.41 Å². The highest BCUT2D eigenvalue weighted by Crippen LogP contribution is 2.55. The molecule has 21 heavy (non-hydrogen) atoms. The Hall–Kier alpha value is -0.310. The second kappa shape index (κ2) is 5.72. The van der Waals surface area contributed by atoms with E-state index < -0.39 is 7.82 Å². The van der Waals surface area contributed by atoms with E-state index in [4.69, 9.17) is 14.3 Å². The van der Waals surface area contributed by atoms with Gasteiger partial charge in [-0.05, 0) is 67.8 Å². The smallest absolute Gasteiger partial charge is 0.409 e. The molecule has 0 amide bonds. The summed E-state index contributed by atoms with van der Waals surface area (Å²) >= 11 is 0. The highest BCUT2D eigenvalue weighted by atomic mass is 31.2. The van der Waals surface area contributed by atoms with E-state index in [9.17, 15) is 4.57 Å². The van der Waals surface area contributed by atoms with E-state index in [1.165, 1.54) is 25.7 Å². The third-order valence-corrected chi connectivity index (χ3v) is 6.30. The molecule has 0 aromatic carbocycles. The molecule has 4 nitrogen and oxygen atoms in total. The monoisotopic (exact) mass is 316 g/mol. The summed E-state index contributed by atoms with van der Waals surface area (Å²) in [7, 11) is -4.45. The van der Waals surface area contributed by atoms with Crippen LogP contribution in [0.4, 0.5) is 0 Å². The second-order valence-corrected chi connectivity index (χ2v) is 9.00. The van der Waals surface area contributed by atoms with Crippen molar-refractivity contribution >= 4 is 7.82 Å². The van der Waals surface area contributed by atoms with Gasteiger partial charge in [0.25, 0.3) is 0 Å². The van der Waals surface area contributed by atoms with Crippen molar-refractivity contribution in [2.75, 3.05) is 0 Å². The Bertz CT molecular complexity index is 467. The highest BCUT2D eigenvalue weighted by Gasteiger charge is 2.43. The van der Waals surface area contributed by atoms with Gasteiger partial charge in [-0.3, -0.25) is 9.79 Å². The molecule has 1 unspecified atom stereocenters. The quantitative estimate of drug-likeness (QED) is 0.736. The van der Waals surface area contributed by atoms with Gasteiger partial charge in [-0.15, -0.1) is 0 Å². The minimum atomic E-state index is -4.45. The van der Waals surface area contributed by atoms with E-state index in [2.05, 4.69) is 20.8 Å². The molecular weight excluding hydrogens is 287 g/mol. The first kappa shape index (κ1) is 17.1. The Labute approximate surface area is 128 Å². The van der Waals surface area contributed by atoms with E-state index >= 15 is 0 Å². The summed E-state index contributed by atoms with van der Waals surface area (Å²) < 4.78 is 16.1. The SMILES string of the molecule is CC1=C(OP(=O)(O)O)CCCC1(C)C1CCC(C)(C)CC1. The van der Waals surface area contributed by atoms with Gasteiger partial charge < -0.3 is 4.52 Å². The topological polar surface area (TPSA) is 66.8 Å². The number of phosphoric ester groups is 1. The van der Waals surface area contributed by atoms with Gasteiger partial charge in [0.05, 0.1) is 0 Å². The summed E-state index contributed by atoms with van der Waals surface area (Å²) in [6.07, 6.45) is 7.55. The number of hydrogen-bond acceptors (Lipinski definition) is 2. The molecule has 0 aromatic heterocycles. The van der Waals surface area contributed by atoms with Crippen LogP contribution in [0.15, 0.2) is 11.3 Å². The van der Waals surface area contributed by atoms with E-state index in [0.717, 1.165) is 18.4 Å². The molecule has 0 spiro atoms. The van der Waals surface area contributed by atoms with Crippen LogP contribution in [0.2, 0.25) is 0 Å². The molecular formula is C16H29O4P. The Balaban J connectivity index is 2.21. The van der Waals surface area contributed by atoms with Crippen molar-refractivity contribution in [3.05, 3.63) is 11.3 Å². The number of allylic oxidation sites excluding steroid dienone is 2. The summed E-state index contributed by atoms with van der Waals surface area (Å²) in [6.45, 7) is 8.92. The molecule has 0 heterocycles. The number of phosphoric acid groups is 1. The standard InChI is InChI=1S/C16H29O4P/c1-12-14(20-21(17,18)19)6-5-9-16(12,4)13-7-10-15(2,3)11-8-13/h13H,5-11H2,1-4H3,(H2,17,18,19). The molecule has 2 aliphatic carbocycles. The molecule has 0 bridgehead atoms. The van der Waals surface area contributed by atoms with Gasteiger partial charge in [-0.25, -0.2) is 4.57 Å². The Morgan fingerprint density at radius 2 is 1.71 bits per heavy atom. The lowest BCUT2D eigenvalue weighted by molar-refractivity contribution is 0.0896. The zero-order chi connectivity index (χ0) is 15.9. The summed E-state index contributed by atoms with van der Waals surface area (Å²) in [5, 5.41) is 0. The van der Waals surface area contributed by atoms with Gasteiger partial charge in [-0.1, -0.05) is 20.8 Å². The van der Waals surface area contributed by atoms with Crippen LogP contribution in [0.5, 0.6) is 0 Å². The van der Waals surface area contributed by atoms with E-state index in [1.807, 2.05) is 6.92 Å². The maximum absolute atomic E-state index is 11.2. The maximum atomic E-state index is 11.2. The zero-order valence-electron chi connectivity index (χ0n) is 13.7. The molecule has 0 radical (unpaired) electrons. The molecule has 5 heteroatoms. The lowest BCUT2D eigenvalue weighted by Gasteiger charge is -2.47. The Morgan fingerprint density at radius 3 is 2.24 bits per heavy atom. The largest absolute Gasteiger partial charge is 0.524 e. The van der Waals surface area contributed by atoms with Crippen LogP contribution in [0, 0.1) is 16.7 Å². The van der Waals surface area contributed by atoms with Crippen molar-refractivity contribution in [1.82, 2.24) is 0 Å². The fraction of sp³-hybridized carbons (Fsp3) is 0.875. The predicted octanol–water partition coefficient (Wildman–Crippen LogP) is 4.78. The van der Waals surface area contributed by atoms with Crippen molar-refractivity contribution in [2.24, 2.45) is 16.7 Å². The first-order chi connectivity index (χ1) is 9.54. The van der Waals surface area contributed by atoms with Crippen molar-refractivity contribution in [3.8, 4) is 0 Å². The molecule has 1 fully saturated rings. The van der Waals surface area contributed by atoms with Gasteiger partial charge in [0.1, 0.15) is 5.76 Å². The third kappa shape index (κ3) is 3.91. The molecule has 0 saturated heterocycles. The zero-order valence-corrected chi connectivity index (χ0v) is 14.6. The van der Waals surface area contributed by atoms with Gasteiger partial charge in [-0.2, -0.15) is 0 Å². The molecule has 1 saturated carbocycles. The average molecular weight is 316 g/mol. The van der Waals surface area contributed by atoms with Crippen molar-refractivity contribution < 1.29 is 18.9 Å². The van der Waals surface area contributed by atoms with E-state index in [1.54, 1.807) is 0 Å². The molecule has 2 rings (SSSR count). The molecule has 1 atom stereocenters. The second-order valence-electron chi connectivity index (χ2n) is 7.84. The molecule has 0 aromatic rings. The van der Waals surface area contributed by atoms with Gasteiger partial charge in [0, 0.05) is 6.42 Å². The van der Waals surface area contributed by atoms with Crippen LogP contribution in [0.25, 0.3) is 0 Å². The van der Waals surface area contributed by atoms with E-state index in [0.29, 0.717) is 23.5 Å². The van der Waals surface area contributed by atoms with Crippen LogP contribution in [0.3, 0.4) is 0 Å². The molecule has 2 N–H and O–H groups in total. The summed E-state index contributed by atoms with van der Waals surface area (Å²) in [4.78, 5) is 18.2. The molecule has 0 aliphatic heterocycles. The molecule has 2 aliphatic rings. The Kier molecular flexibility index (Phi) is 4.64. The fourth-order valence-corrected chi connectivity index (χ4v) is 4.63. The van der Waals surface area contributed by atoms with Crippen molar-refractivity contribution in [3.63, 3.8) is 0 Å². The minimum Gasteiger partial charge on any atom is -0.409 e. The minimum absolute atomic E-state index is 0.0270. The van der Waals surface area contributed by atoms with Gasteiger partial charge in [0.15, 0.2) is 0 Å². The van der Waals surface area contributed by atoms with Crippen LogP contribution >= 0.6 is 7.82 Å². The average Bonchev–Trinajstić information content (AvgIpc) is 2.33. The first-order valence-corrected chi connectivity index (χ1v) is 9.52. The number of rotatable bonds is 3. The Morgan fingerprint density at radius 1 is 1.14 bits per heavy atom. The van der Waals surface area contributed by atoms with Crippen LogP contribution < -0.4 is 0 Å². The van der Waals surface area contributed by atoms with Crippen LogP contribution in [0.1, 0.15) is 72.6 Å².